The Morgan fingerprint density at radius 1 is 0.914 bits per heavy atom. The molecule has 0 aliphatic rings. The average Bonchev–Trinajstić information content (AvgIpc) is 3.58. The van der Waals surface area contributed by atoms with Crippen molar-refractivity contribution < 1.29 is 4.39 Å². The molecule has 0 radical (unpaired) electrons. The smallest absolute Gasteiger partial charge is 0.228 e. The summed E-state index contributed by atoms with van der Waals surface area (Å²) in [5.74, 6) is 1.59. The number of rotatable bonds is 5. The van der Waals surface area contributed by atoms with Crippen LogP contribution >= 0.6 is 0 Å². The summed E-state index contributed by atoms with van der Waals surface area (Å²) in [4.78, 5) is 8.93. The van der Waals surface area contributed by atoms with Gasteiger partial charge in [-0.2, -0.15) is 10.2 Å². The molecule has 172 valence electrons. The number of nitrogens with zero attached hydrogens (tertiary/aromatic N) is 9. The summed E-state index contributed by atoms with van der Waals surface area (Å²) < 4.78 is 18.7. The Labute approximate surface area is 198 Å². The van der Waals surface area contributed by atoms with E-state index in [9.17, 15) is 4.39 Å². The first kappa shape index (κ1) is 20.7. The zero-order chi connectivity index (χ0) is 23.9. The highest BCUT2D eigenvalue weighted by Crippen LogP contribution is 2.31. The van der Waals surface area contributed by atoms with Crippen LogP contribution < -0.4 is 5.32 Å². The second kappa shape index (κ2) is 8.13. The van der Waals surface area contributed by atoms with Crippen LogP contribution in [0.2, 0.25) is 0 Å². The summed E-state index contributed by atoms with van der Waals surface area (Å²) in [5.41, 5.74) is 4.56. The number of nitrogens with one attached hydrogen (secondary N) is 1. The number of halogens is 1. The molecule has 11 heteroatoms. The molecule has 0 atom stereocenters. The molecule has 0 spiro atoms. The van der Waals surface area contributed by atoms with Gasteiger partial charge in [-0.15, -0.1) is 10.2 Å². The summed E-state index contributed by atoms with van der Waals surface area (Å²) in [6.45, 7) is 0. The fraction of sp³-hybridized carbons (Fsp3) is 0.0833. The molecule has 0 aliphatic heterocycles. The summed E-state index contributed by atoms with van der Waals surface area (Å²) in [6.07, 6.45) is 7.18. The zero-order valence-corrected chi connectivity index (χ0v) is 18.8. The van der Waals surface area contributed by atoms with Gasteiger partial charge >= 0.3 is 0 Å². The van der Waals surface area contributed by atoms with E-state index >= 15 is 0 Å². The van der Waals surface area contributed by atoms with Crippen LogP contribution in [0.5, 0.6) is 0 Å². The molecule has 6 aromatic rings. The van der Waals surface area contributed by atoms with Crippen LogP contribution in [0.15, 0.2) is 73.3 Å². The number of anilines is 2. The molecule has 5 aromatic heterocycles. The molecular weight excluding hydrogens is 447 g/mol. The van der Waals surface area contributed by atoms with E-state index in [2.05, 4.69) is 35.7 Å². The largest absolute Gasteiger partial charge is 0.309 e. The van der Waals surface area contributed by atoms with E-state index in [-0.39, 0.29) is 5.82 Å². The Bertz CT molecular complexity index is 1660. The third-order valence-corrected chi connectivity index (χ3v) is 5.61. The lowest BCUT2D eigenvalue weighted by Crippen LogP contribution is -2.03. The maximum absolute atomic E-state index is 13.4. The molecule has 6 rings (SSSR count). The van der Waals surface area contributed by atoms with Gasteiger partial charge in [0.1, 0.15) is 17.3 Å². The second-order valence-electron chi connectivity index (χ2n) is 7.97. The van der Waals surface area contributed by atoms with Crippen molar-refractivity contribution in [2.75, 3.05) is 5.32 Å². The van der Waals surface area contributed by atoms with Gasteiger partial charge < -0.3 is 5.32 Å². The fourth-order valence-electron chi connectivity index (χ4n) is 3.90. The second-order valence-corrected chi connectivity index (χ2v) is 7.97. The monoisotopic (exact) mass is 466 g/mol. The standard InChI is InChI=1S/C24H19FN10/c1-33-14-18(22(32-33)15-3-5-17(25)6-4-15)23-31-30-21-13-16(9-12-35(21)23)19-7-10-26-24(28-19)29-20-8-11-27-34(20)2/h3-14H,1-2H3,(H,26,28,29). The van der Waals surface area contributed by atoms with Gasteiger partial charge in [0.05, 0.1) is 17.5 Å². The van der Waals surface area contributed by atoms with E-state index in [1.807, 2.05) is 55.2 Å². The molecular formula is C24H19FN10. The fourth-order valence-corrected chi connectivity index (χ4v) is 3.90. The highest BCUT2D eigenvalue weighted by atomic mass is 19.1. The number of benzene rings is 1. The lowest BCUT2D eigenvalue weighted by Gasteiger charge is -2.07. The Morgan fingerprint density at radius 3 is 2.57 bits per heavy atom. The number of hydrogen-bond donors (Lipinski definition) is 1. The number of hydrogen-bond acceptors (Lipinski definition) is 7. The quantitative estimate of drug-likeness (QED) is 0.411. The van der Waals surface area contributed by atoms with Gasteiger partial charge in [0.25, 0.3) is 0 Å². The predicted octanol–water partition coefficient (Wildman–Crippen LogP) is 3.87. The molecule has 0 unspecified atom stereocenters. The summed E-state index contributed by atoms with van der Waals surface area (Å²) in [7, 11) is 3.68. The summed E-state index contributed by atoms with van der Waals surface area (Å²) in [6, 6.07) is 13.8. The van der Waals surface area contributed by atoms with Gasteiger partial charge in [0.15, 0.2) is 11.5 Å². The first-order chi connectivity index (χ1) is 17.0. The van der Waals surface area contributed by atoms with Crippen LogP contribution in [-0.4, -0.2) is 44.1 Å². The average molecular weight is 466 g/mol. The SMILES string of the molecule is Cn1cc(-c2nnc3cc(-c4ccnc(Nc5ccnn5C)n4)ccn23)c(-c2ccc(F)cc2)n1. The Balaban J connectivity index is 1.37. The van der Waals surface area contributed by atoms with Gasteiger partial charge in [-0.25, -0.2) is 14.4 Å². The number of aromatic nitrogens is 9. The number of pyridine rings is 1. The van der Waals surface area contributed by atoms with Crippen LogP contribution in [-0.2, 0) is 14.1 Å². The van der Waals surface area contributed by atoms with Gasteiger partial charge in [0, 0.05) is 49.9 Å². The lowest BCUT2D eigenvalue weighted by molar-refractivity contribution is 0.628. The predicted molar refractivity (Wildman–Crippen MR) is 128 cm³/mol. The first-order valence-corrected chi connectivity index (χ1v) is 10.8. The molecule has 0 aliphatic carbocycles. The van der Waals surface area contributed by atoms with Crippen LogP contribution in [0, 0.1) is 5.82 Å². The third-order valence-electron chi connectivity index (χ3n) is 5.61. The van der Waals surface area contributed by atoms with E-state index in [0.717, 1.165) is 28.2 Å². The molecule has 10 nitrogen and oxygen atoms in total. The molecule has 0 bridgehead atoms. The number of aryl methyl sites for hydroxylation is 2. The maximum atomic E-state index is 13.4. The molecule has 1 N–H and O–H groups in total. The highest BCUT2D eigenvalue weighted by Gasteiger charge is 2.18. The summed E-state index contributed by atoms with van der Waals surface area (Å²) in [5, 5.41) is 20.7. The molecule has 1 aromatic carbocycles. The topological polar surface area (TPSA) is 104 Å². The van der Waals surface area contributed by atoms with Crippen molar-refractivity contribution in [1.82, 2.24) is 44.1 Å². The summed E-state index contributed by atoms with van der Waals surface area (Å²) >= 11 is 0. The molecule has 35 heavy (non-hydrogen) atoms. The zero-order valence-electron chi connectivity index (χ0n) is 18.8. The minimum atomic E-state index is -0.296. The Morgan fingerprint density at radius 2 is 1.77 bits per heavy atom. The van der Waals surface area contributed by atoms with Gasteiger partial charge in [-0.1, -0.05) is 0 Å². The van der Waals surface area contributed by atoms with Crippen LogP contribution in [0.4, 0.5) is 16.2 Å². The van der Waals surface area contributed by atoms with Crippen molar-refractivity contribution >= 4 is 17.4 Å². The van der Waals surface area contributed by atoms with Crippen molar-refractivity contribution in [3.8, 4) is 33.9 Å². The maximum Gasteiger partial charge on any atom is 0.228 e. The molecule has 0 amide bonds. The minimum Gasteiger partial charge on any atom is -0.309 e. The Kier molecular flexibility index (Phi) is 4.80. The Hall–Kier alpha value is -4.93. The van der Waals surface area contributed by atoms with E-state index in [1.165, 1.54) is 12.1 Å². The van der Waals surface area contributed by atoms with Crippen molar-refractivity contribution in [1.29, 1.82) is 0 Å². The van der Waals surface area contributed by atoms with E-state index in [0.29, 0.717) is 23.1 Å². The highest BCUT2D eigenvalue weighted by molar-refractivity contribution is 5.78. The molecule has 5 heterocycles. The van der Waals surface area contributed by atoms with Gasteiger partial charge in [0.2, 0.25) is 5.95 Å². The van der Waals surface area contributed by atoms with Crippen molar-refractivity contribution in [2.24, 2.45) is 14.1 Å². The van der Waals surface area contributed by atoms with Crippen LogP contribution in [0.25, 0.3) is 39.5 Å². The molecule has 0 fully saturated rings. The van der Waals surface area contributed by atoms with E-state index in [1.54, 1.807) is 33.9 Å². The van der Waals surface area contributed by atoms with Gasteiger partial charge in [-0.05, 0) is 42.5 Å². The van der Waals surface area contributed by atoms with Crippen molar-refractivity contribution in [2.45, 2.75) is 0 Å². The molecule has 0 saturated heterocycles. The van der Waals surface area contributed by atoms with E-state index in [4.69, 9.17) is 0 Å². The first-order valence-electron chi connectivity index (χ1n) is 10.8. The van der Waals surface area contributed by atoms with Gasteiger partial charge in [-0.3, -0.25) is 13.8 Å². The lowest BCUT2D eigenvalue weighted by atomic mass is 10.1. The normalized spacial score (nSPS) is 11.3. The van der Waals surface area contributed by atoms with Crippen LogP contribution in [0.3, 0.4) is 0 Å². The van der Waals surface area contributed by atoms with Crippen molar-refractivity contribution in [3.05, 3.63) is 79.1 Å². The molecule has 0 saturated carbocycles. The minimum absolute atomic E-state index is 0.296. The van der Waals surface area contributed by atoms with E-state index < -0.39 is 0 Å². The van der Waals surface area contributed by atoms with Crippen LogP contribution in [0.1, 0.15) is 0 Å². The number of fused-ring (bicyclic) bond motifs is 1. The third kappa shape index (κ3) is 3.78. The van der Waals surface area contributed by atoms with Crippen molar-refractivity contribution in [3.63, 3.8) is 0 Å².